The van der Waals surface area contributed by atoms with Crippen molar-refractivity contribution in [2.75, 3.05) is 6.79 Å². The van der Waals surface area contributed by atoms with E-state index in [-0.39, 0.29) is 37.7 Å². The van der Waals surface area contributed by atoms with Crippen LogP contribution in [-0.2, 0) is 22.7 Å². The van der Waals surface area contributed by atoms with Gasteiger partial charge in [-0.3, -0.25) is 9.59 Å². The van der Waals surface area contributed by atoms with Gasteiger partial charge in [-0.05, 0) is 48.2 Å². The fourth-order valence-electron chi connectivity index (χ4n) is 5.45. The number of nitrogens with one attached hydrogen (secondary N) is 1. The highest BCUT2D eigenvalue weighted by Gasteiger charge is 2.33. The molecule has 39 heavy (non-hydrogen) atoms. The largest absolute Gasteiger partial charge is 0.454 e. The number of nitrogens with zero attached hydrogens (tertiary/aromatic N) is 4. The third-order valence-corrected chi connectivity index (χ3v) is 7.44. The molecule has 9 heteroatoms. The molecule has 6 rings (SSSR count). The standard InChI is InChI=1S/C30H31N5O4/c36-28(19-35-25-14-8-7-13-24(25)32-33-35)34(18-21-15-16-26-27(17-21)39-20-38-26)29(22-9-3-1-4-10-22)30(37)31-23-11-5-2-6-12-23/h1,3-4,7-10,13-17,23,29H,2,5-6,11-12,18-20H2,(H,31,37). The number of hydrogen-bond acceptors (Lipinski definition) is 6. The van der Waals surface area contributed by atoms with Crippen molar-refractivity contribution in [1.29, 1.82) is 0 Å². The first-order chi connectivity index (χ1) is 19.2. The van der Waals surface area contributed by atoms with Gasteiger partial charge >= 0.3 is 0 Å². The fourth-order valence-corrected chi connectivity index (χ4v) is 5.45. The van der Waals surface area contributed by atoms with Crippen LogP contribution in [0, 0.1) is 0 Å². The topological polar surface area (TPSA) is 98.6 Å². The molecule has 2 aliphatic rings. The van der Waals surface area contributed by atoms with Gasteiger partial charge in [0.1, 0.15) is 18.1 Å². The van der Waals surface area contributed by atoms with Crippen molar-refractivity contribution in [3.8, 4) is 11.5 Å². The van der Waals surface area contributed by atoms with Gasteiger partial charge in [-0.25, -0.2) is 4.68 Å². The number of carbonyl (C=O) groups is 2. The Bertz CT molecular complexity index is 1460. The fraction of sp³-hybridized carbons (Fsp3) is 0.333. The molecule has 1 aromatic heterocycles. The Morgan fingerprint density at radius 2 is 1.72 bits per heavy atom. The van der Waals surface area contributed by atoms with Crippen molar-refractivity contribution in [3.05, 3.63) is 83.9 Å². The predicted octanol–water partition coefficient (Wildman–Crippen LogP) is 4.38. The molecule has 0 saturated heterocycles. The van der Waals surface area contributed by atoms with Crippen molar-refractivity contribution < 1.29 is 19.1 Å². The van der Waals surface area contributed by atoms with Crippen LogP contribution in [0.2, 0.25) is 0 Å². The molecule has 1 unspecified atom stereocenters. The monoisotopic (exact) mass is 525 g/mol. The quantitative estimate of drug-likeness (QED) is 0.367. The Kier molecular flexibility index (Phi) is 7.12. The second kappa shape index (κ2) is 11.1. The molecular weight excluding hydrogens is 494 g/mol. The summed E-state index contributed by atoms with van der Waals surface area (Å²) in [4.78, 5) is 29.7. The predicted molar refractivity (Wildman–Crippen MR) is 145 cm³/mol. The Balaban J connectivity index is 1.36. The molecule has 0 bridgehead atoms. The van der Waals surface area contributed by atoms with E-state index in [1.165, 1.54) is 6.42 Å². The van der Waals surface area contributed by atoms with Crippen LogP contribution in [0.25, 0.3) is 11.0 Å². The van der Waals surface area contributed by atoms with E-state index in [0.717, 1.165) is 42.3 Å². The van der Waals surface area contributed by atoms with Crippen molar-refractivity contribution in [1.82, 2.24) is 25.2 Å². The molecule has 4 aromatic rings. The highest BCUT2D eigenvalue weighted by Crippen LogP contribution is 2.34. The van der Waals surface area contributed by atoms with Crippen LogP contribution in [0.5, 0.6) is 11.5 Å². The molecule has 2 amide bonds. The van der Waals surface area contributed by atoms with E-state index in [1.807, 2.05) is 72.8 Å². The minimum atomic E-state index is -0.819. The van der Waals surface area contributed by atoms with Crippen LogP contribution in [-0.4, -0.2) is 44.5 Å². The molecule has 1 aliphatic carbocycles. The molecule has 3 aromatic carbocycles. The van der Waals surface area contributed by atoms with E-state index in [9.17, 15) is 9.59 Å². The second-order valence-corrected chi connectivity index (χ2v) is 10.1. The Labute approximate surface area is 226 Å². The van der Waals surface area contributed by atoms with Gasteiger partial charge in [0.05, 0.1) is 5.52 Å². The van der Waals surface area contributed by atoms with Gasteiger partial charge in [0.2, 0.25) is 18.6 Å². The number of hydrogen-bond donors (Lipinski definition) is 1. The summed E-state index contributed by atoms with van der Waals surface area (Å²) in [5, 5.41) is 11.7. The van der Waals surface area contributed by atoms with Gasteiger partial charge in [-0.15, -0.1) is 5.10 Å². The van der Waals surface area contributed by atoms with Crippen LogP contribution in [0.3, 0.4) is 0 Å². The van der Waals surface area contributed by atoms with Crippen LogP contribution >= 0.6 is 0 Å². The van der Waals surface area contributed by atoms with E-state index in [4.69, 9.17) is 9.47 Å². The summed E-state index contributed by atoms with van der Waals surface area (Å²) >= 11 is 0. The molecule has 1 aliphatic heterocycles. The molecule has 0 radical (unpaired) electrons. The van der Waals surface area contributed by atoms with Gasteiger partial charge in [0.15, 0.2) is 11.5 Å². The summed E-state index contributed by atoms with van der Waals surface area (Å²) in [5.74, 6) is 0.882. The number of carbonyl (C=O) groups excluding carboxylic acids is 2. The molecule has 2 heterocycles. The summed E-state index contributed by atoms with van der Waals surface area (Å²) in [5.41, 5.74) is 3.06. The van der Waals surface area contributed by atoms with Crippen molar-refractivity contribution in [3.63, 3.8) is 0 Å². The van der Waals surface area contributed by atoms with Gasteiger partial charge in [0, 0.05) is 12.6 Å². The van der Waals surface area contributed by atoms with Crippen LogP contribution in [0.15, 0.2) is 72.8 Å². The highest BCUT2D eigenvalue weighted by atomic mass is 16.7. The zero-order valence-electron chi connectivity index (χ0n) is 21.7. The highest BCUT2D eigenvalue weighted by molar-refractivity contribution is 5.89. The average molecular weight is 526 g/mol. The van der Waals surface area contributed by atoms with Crippen LogP contribution in [0.1, 0.15) is 49.3 Å². The minimum Gasteiger partial charge on any atom is -0.454 e. The van der Waals surface area contributed by atoms with E-state index in [1.54, 1.807) is 9.58 Å². The first-order valence-electron chi connectivity index (χ1n) is 13.5. The smallest absolute Gasteiger partial charge is 0.247 e. The Hall–Kier alpha value is -4.40. The molecule has 1 saturated carbocycles. The average Bonchev–Trinajstić information content (AvgIpc) is 3.61. The minimum absolute atomic E-state index is 0.0505. The number of benzene rings is 3. The normalized spacial score (nSPS) is 15.7. The van der Waals surface area contributed by atoms with E-state index in [2.05, 4.69) is 15.6 Å². The molecule has 1 N–H and O–H groups in total. The number of ether oxygens (including phenoxy) is 2. The molecule has 1 fully saturated rings. The summed E-state index contributed by atoms with van der Waals surface area (Å²) in [7, 11) is 0. The van der Waals surface area contributed by atoms with Crippen molar-refractivity contribution >= 4 is 22.8 Å². The molecule has 1 atom stereocenters. The molecular formula is C30H31N5O4. The lowest BCUT2D eigenvalue weighted by Gasteiger charge is -2.33. The van der Waals surface area contributed by atoms with E-state index < -0.39 is 6.04 Å². The zero-order valence-corrected chi connectivity index (χ0v) is 21.7. The first-order valence-corrected chi connectivity index (χ1v) is 13.5. The zero-order chi connectivity index (χ0) is 26.6. The van der Waals surface area contributed by atoms with Crippen molar-refractivity contribution in [2.45, 2.75) is 57.3 Å². The lowest BCUT2D eigenvalue weighted by atomic mass is 9.94. The maximum Gasteiger partial charge on any atom is 0.247 e. The van der Waals surface area contributed by atoms with E-state index in [0.29, 0.717) is 17.0 Å². The van der Waals surface area contributed by atoms with Gasteiger partial charge in [0.25, 0.3) is 0 Å². The number of aromatic nitrogens is 3. The summed E-state index contributed by atoms with van der Waals surface area (Å²) in [6, 6.07) is 21.9. The van der Waals surface area contributed by atoms with Gasteiger partial charge < -0.3 is 19.7 Å². The van der Waals surface area contributed by atoms with E-state index >= 15 is 0 Å². The van der Waals surface area contributed by atoms with Gasteiger partial charge in [-0.2, -0.15) is 0 Å². The first kappa shape index (κ1) is 24.9. The summed E-state index contributed by atoms with van der Waals surface area (Å²) in [6.07, 6.45) is 5.29. The number of rotatable bonds is 8. The maximum atomic E-state index is 14.1. The maximum absolute atomic E-state index is 14.1. The van der Waals surface area contributed by atoms with Gasteiger partial charge in [-0.1, -0.05) is 73.0 Å². The Morgan fingerprint density at radius 3 is 2.56 bits per heavy atom. The SMILES string of the molecule is O=C(NC1CCCCC1)C(c1ccccc1)N(Cc1ccc2c(c1)OCO2)C(=O)Cn1nnc2ccccc21. The molecule has 9 nitrogen and oxygen atoms in total. The Morgan fingerprint density at radius 1 is 0.949 bits per heavy atom. The lowest BCUT2D eigenvalue weighted by Crippen LogP contribution is -2.47. The molecule has 200 valence electrons. The molecule has 0 spiro atoms. The number of amides is 2. The third-order valence-electron chi connectivity index (χ3n) is 7.44. The second-order valence-electron chi connectivity index (χ2n) is 10.1. The number of fused-ring (bicyclic) bond motifs is 2. The summed E-state index contributed by atoms with van der Waals surface area (Å²) < 4.78 is 12.6. The summed E-state index contributed by atoms with van der Waals surface area (Å²) in [6.45, 7) is 0.322. The third kappa shape index (κ3) is 5.43. The van der Waals surface area contributed by atoms with Crippen LogP contribution in [0.4, 0.5) is 0 Å². The lowest BCUT2D eigenvalue weighted by molar-refractivity contribution is -0.142. The van der Waals surface area contributed by atoms with Crippen LogP contribution < -0.4 is 14.8 Å². The number of para-hydroxylation sites is 1. The van der Waals surface area contributed by atoms with Crippen molar-refractivity contribution in [2.24, 2.45) is 0 Å².